The highest BCUT2D eigenvalue weighted by Gasteiger charge is 2.28. The Morgan fingerprint density at radius 2 is 1.56 bits per heavy atom. The molecule has 0 bridgehead atoms. The van der Waals surface area contributed by atoms with Crippen molar-refractivity contribution < 1.29 is 14.3 Å². The molecule has 3 aromatic rings. The van der Waals surface area contributed by atoms with Gasteiger partial charge in [-0.05, 0) is 93.4 Å². The highest BCUT2D eigenvalue weighted by atomic mass is 16.5. The summed E-state index contributed by atoms with van der Waals surface area (Å²) in [6.07, 6.45) is 3.33. The number of likely N-dealkylation sites (tertiary alicyclic amines) is 1. The molecule has 2 heterocycles. The molecule has 2 amide bonds. The minimum atomic E-state index is 0.0743. The minimum Gasteiger partial charge on any atom is -0.497 e. The molecule has 45 heavy (non-hydrogen) atoms. The van der Waals surface area contributed by atoms with Gasteiger partial charge in [0.1, 0.15) is 5.75 Å². The standard InChI is InChI=1S/C38H50N4O3/c1-29(2)40-20-9-21-42(36(43)26-31-14-16-35(45-4)17-15-31)38-30(3)10-8-13-34(38)27-41(25-24-40)37(44)28-39-22-18-33(19-23-39)32-11-6-5-7-12-32/h5-8,10-17,29,33H,9,18-28H2,1-4H3. The van der Waals surface area contributed by atoms with Crippen molar-refractivity contribution >= 4 is 17.5 Å². The Balaban J connectivity index is 1.35. The molecule has 5 rings (SSSR count). The molecule has 0 unspecified atom stereocenters. The van der Waals surface area contributed by atoms with Gasteiger partial charge in [-0.25, -0.2) is 0 Å². The Morgan fingerprint density at radius 1 is 0.822 bits per heavy atom. The van der Waals surface area contributed by atoms with E-state index in [9.17, 15) is 9.59 Å². The van der Waals surface area contributed by atoms with Gasteiger partial charge in [-0.2, -0.15) is 0 Å². The van der Waals surface area contributed by atoms with Crippen LogP contribution in [0.25, 0.3) is 0 Å². The first-order chi connectivity index (χ1) is 21.8. The molecule has 2 aliphatic rings. The Labute approximate surface area is 269 Å². The lowest BCUT2D eigenvalue weighted by atomic mass is 9.89. The number of rotatable bonds is 7. The Morgan fingerprint density at radius 3 is 2.24 bits per heavy atom. The van der Waals surface area contributed by atoms with E-state index < -0.39 is 0 Å². The summed E-state index contributed by atoms with van der Waals surface area (Å²) < 4.78 is 5.32. The number of ether oxygens (including phenoxy) is 1. The number of fused-ring (bicyclic) bond motifs is 1. The Hall–Kier alpha value is -3.68. The summed E-state index contributed by atoms with van der Waals surface area (Å²) in [5.74, 6) is 1.58. The van der Waals surface area contributed by atoms with Crippen molar-refractivity contribution in [2.45, 2.75) is 65.0 Å². The van der Waals surface area contributed by atoms with Gasteiger partial charge in [0.25, 0.3) is 0 Å². The van der Waals surface area contributed by atoms with E-state index in [1.807, 2.05) is 34.1 Å². The number of amides is 2. The third kappa shape index (κ3) is 8.53. The number of benzene rings is 3. The fraction of sp³-hybridized carbons (Fsp3) is 0.474. The zero-order chi connectivity index (χ0) is 31.8. The molecule has 0 aliphatic carbocycles. The van der Waals surface area contributed by atoms with Gasteiger partial charge in [-0.3, -0.25) is 19.4 Å². The summed E-state index contributed by atoms with van der Waals surface area (Å²) >= 11 is 0. The minimum absolute atomic E-state index is 0.0743. The second-order valence-corrected chi connectivity index (χ2v) is 12.9. The van der Waals surface area contributed by atoms with Crippen LogP contribution in [0.2, 0.25) is 0 Å². The summed E-state index contributed by atoms with van der Waals surface area (Å²) in [5.41, 5.74) is 5.41. The number of methoxy groups -OCH3 is 1. The van der Waals surface area contributed by atoms with Gasteiger partial charge in [-0.15, -0.1) is 0 Å². The summed E-state index contributed by atoms with van der Waals surface area (Å²) in [7, 11) is 1.65. The van der Waals surface area contributed by atoms with E-state index in [4.69, 9.17) is 4.74 Å². The van der Waals surface area contributed by atoms with Gasteiger partial charge in [-0.1, -0.05) is 60.7 Å². The monoisotopic (exact) mass is 610 g/mol. The maximum Gasteiger partial charge on any atom is 0.237 e. The number of carbonyl (C=O) groups excluding carboxylic acids is 2. The SMILES string of the molecule is COc1ccc(CC(=O)N2CCCN(C(C)C)CCN(C(=O)CN3CCC(c4ccccc4)CC3)Cc3cccc(C)c32)cc1. The van der Waals surface area contributed by atoms with E-state index >= 15 is 0 Å². The molecule has 1 saturated heterocycles. The molecule has 0 aromatic heterocycles. The van der Waals surface area contributed by atoms with Crippen LogP contribution in [0.15, 0.2) is 72.8 Å². The normalized spacial score (nSPS) is 17.5. The average Bonchev–Trinajstić information content (AvgIpc) is 3.09. The zero-order valence-electron chi connectivity index (χ0n) is 27.6. The molecular formula is C38H50N4O3. The number of carbonyl (C=O) groups is 2. The smallest absolute Gasteiger partial charge is 0.237 e. The van der Waals surface area contributed by atoms with E-state index in [2.05, 4.69) is 79.1 Å². The fourth-order valence-corrected chi connectivity index (χ4v) is 6.86. The maximum atomic E-state index is 14.0. The second kappa shape index (κ2) is 15.5. The zero-order valence-corrected chi connectivity index (χ0v) is 27.6. The molecule has 1 fully saturated rings. The molecule has 0 spiro atoms. The lowest BCUT2D eigenvalue weighted by Gasteiger charge is -2.34. The van der Waals surface area contributed by atoms with Crippen LogP contribution in [-0.4, -0.2) is 85.5 Å². The van der Waals surface area contributed by atoms with E-state index in [0.29, 0.717) is 44.6 Å². The molecular weight excluding hydrogens is 560 g/mol. The van der Waals surface area contributed by atoms with Gasteiger partial charge in [0.2, 0.25) is 11.8 Å². The molecule has 240 valence electrons. The van der Waals surface area contributed by atoms with Crippen LogP contribution in [0.4, 0.5) is 5.69 Å². The summed E-state index contributed by atoms with van der Waals surface area (Å²) in [6, 6.07) is 25.1. The van der Waals surface area contributed by atoms with Gasteiger partial charge in [0, 0.05) is 38.8 Å². The third-order valence-corrected chi connectivity index (χ3v) is 9.55. The molecule has 7 heteroatoms. The number of hydrogen-bond acceptors (Lipinski definition) is 5. The van der Waals surface area contributed by atoms with Crippen LogP contribution < -0.4 is 9.64 Å². The van der Waals surface area contributed by atoms with Crippen LogP contribution in [0.5, 0.6) is 5.75 Å². The molecule has 0 atom stereocenters. The molecule has 0 saturated carbocycles. The van der Waals surface area contributed by atoms with Gasteiger partial charge >= 0.3 is 0 Å². The van der Waals surface area contributed by atoms with E-state index in [1.54, 1.807) is 7.11 Å². The summed E-state index contributed by atoms with van der Waals surface area (Å²) in [4.78, 5) is 36.8. The van der Waals surface area contributed by atoms with Crippen molar-refractivity contribution in [1.82, 2.24) is 14.7 Å². The highest BCUT2D eigenvalue weighted by molar-refractivity contribution is 5.96. The number of nitrogens with zero attached hydrogens (tertiary/aromatic N) is 4. The number of para-hydroxylation sites is 1. The first-order valence-corrected chi connectivity index (χ1v) is 16.6. The summed E-state index contributed by atoms with van der Waals surface area (Å²) in [6.45, 7) is 12.3. The fourth-order valence-electron chi connectivity index (χ4n) is 6.86. The van der Waals surface area contributed by atoms with E-state index in [1.165, 1.54) is 5.56 Å². The average molecular weight is 611 g/mol. The highest BCUT2D eigenvalue weighted by Crippen LogP contribution is 2.30. The number of aryl methyl sites for hydroxylation is 1. The molecule has 3 aromatic carbocycles. The third-order valence-electron chi connectivity index (χ3n) is 9.55. The molecule has 0 radical (unpaired) electrons. The lowest BCUT2D eigenvalue weighted by molar-refractivity contribution is -0.133. The maximum absolute atomic E-state index is 14.0. The number of hydrogen-bond donors (Lipinski definition) is 0. The van der Waals surface area contributed by atoms with Crippen LogP contribution in [0.1, 0.15) is 61.3 Å². The van der Waals surface area contributed by atoms with Crippen molar-refractivity contribution in [1.29, 1.82) is 0 Å². The van der Waals surface area contributed by atoms with Crippen molar-refractivity contribution in [3.63, 3.8) is 0 Å². The first-order valence-electron chi connectivity index (χ1n) is 16.6. The molecule has 2 aliphatic heterocycles. The molecule has 0 N–H and O–H groups in total. The number of anilines is 1. The largest absolute Gasteiger partial charge is 0.497 e. The van der Waals surface area contributed by atoms with E-state index in [0.717, 1.165) is 73.6 Å². The number of piperidine rings is 1. The van der Waals surface area contributed by atoms with Crippen LogP contribution in [0.3, 0.4) is 0 Å². The summed E-state index contributed by atoms with van der Waals surface area (Å²) in [5, 5.41) is 0. The predicted molar refractivity (Wildman–Crippen MR) is 182 cm³/mol. The topological polar surface area (TPSA) is 56.3 Å². The predicted octanol–water partition coefficient (Wildman–Crippen LogP) is 5.90. The van der Waals surface area contributed by atoms with Crippen molar-refractivity contribution in [2.24, 2.45) is 0 Å². The van der Waals surface area contributed by atoms with E-state index in [-0.39, 0.29) is 11.8 Å². The first kappa shape index (κ1) is 32.7. The van der Waals surface area contributed by atoms with Crippen molar-refractivity contribution in [3.05, 3.63) is 95.1 Å². The van der Waals surface area contributed by atoms with Crippen LogP contribution in [0, 0.1) is 6.92 Å². The van der Waals surface area contributed by atoms with Gasteiger partial charge in [0.15, 0.2) is 0 Å². The quantitative estimate of drug-likeness (QED) is 0.334. The van der Waals surface area contributed by atoms with Gasteiger partial charge < -0.3 is 14.5 Å². The Bertz CT molecular complexity index is 1400. The van der Waals surface area contributed by atoms with Crippen molar-refractivity contribution in [2.75, 3.05) is 57.8 Å². The van der Waals surface area contributed by atoms with Crippen LogP contribution >= 0.6 is 0 Å². The lowest BCUT2D eigenvalue weighted by Crippen LogP contribution is -2.46. The second-order valence-electron chi connectivity index (χ2n) is 12.9. The molecule has 7 nitrogen and oxygen atoms in total. The van der Waals surface area contributed by atoms with Crippen LogP contribution in [-0.2, 0) is 22.6 Å². The van der Waals surface area contributed by atoms with Crippen molar-refractivity contribution in [3.8, 4) is 5.75 Å². The Kier molecular flexibility index (Phi) is 11.3. The van der Waals surface area contributed by atoms with Gasteiger partial charge in [0.05, 0.1) is 25.8 Å².